The molecule has 12 heteroatoms. The highest BCUT2D eigenvalue weighted by Gasteiger charge is 2.30. The summed E-state index contributed by atoms with van der Waals surface area (Å²) in [6, 6.07) is 9.29. The maximum Gasteiger partial charge on any atom is 0.271 e. The zero-order chi connectivity index (χ0) is 26.3. The van der Waals surface area contributed by atoms with E-state index in [-0.39, 0.29) is 23.8 Å². The van der Waals surface area contributed by atoms with Gasteiger partial charge in [0.2, 0.25) is 21.8 Å². The smallest absolute Gasteiger partial charge is 0.271 e. The standard InChI is InChI=1S/C23H29FN4O6S/c1-16(2)13-25-23(30)17(3)26(14-18-8-10-19(24)11-9-18)22(29)15-27(35(4,33)34)20-6-5-7-21(12-20)28(31)32/h5-12,16-17H,13-15H2,1-4H3,(H,25,30). The molecule has 0 aliphatic carbocycles. The quantitative estimate of drug-likeness (QED) is 0.367. The van der Waals surface area contributed by atoms with E-state index in [0.717, 1.165) is 16.6 Å². The highest BCUT2D eigenvalue weighted by atomic mass is 32.2. The number of halogens is 1. The first-order valence-electron chi connectivity index (χ1n) is 10.8. The molecular weight excluding hydrogens is 479 g/mol. The highest BCUT2D eigenvalue weighted by molar-refractivity contribution is 7.92. The molecule has 35 heavy (non-hydrogen) atoms. The van der Waals surface area contributed by atoms with Crippen LogP contribution in [-0.4, -0.2) is 55.4 Å². The van der Waals surface area contributed by atoms with Crippen molar-refractivity contribution in [3.05, 3.63) is 70.0 Å². The van der Waals surface area contributed by atoms with Gasteiger partial charge in [-0.3, -0.25) is 24.0 Å². The van der Waals surface area contributed by atoms with Gasteiger partial charge < -0.3 is 10.2 Å². The van der Waals surface area contributed by atoms with Crippen LogP contribution >= 0.6 is 0 Å². The van der Waals surface area contributed by atoms with Crippen molar-refractivity contribution < 1.29 is 27.3 Å². The van der Waals surface area contributed by atoms with Crippen molar-refractivity contribution in [2.45, 2.75) is 33.4 Å². The molecule has 2 aromatic carbocycles. The average molecular weight is 509 g/mol. The summed E-state index contributed by atoms with van der Waals surface area (Å²) in [5.74, 6) is -1.45. The molecule has 2 aromatic rings. The number of rotatable bonds is 11. The Morgan fingerprint density at radius 3 is 2.29 bits per heavy atom. The largest absolute Gasteiger partial charge is 0.354 e. The van der Waals surface area contributed by atoms with Gasteiger partial charge in [0.25, 0.3) is 5.69 Å². The Morgan fingerprint density at radius 2 is 1.74 bits per heavy atom. The van der Waals surface area contributed by atoms with Crippen LogP contribution in [0.5, 0.6) is 0 Å². The summed E-state index contributed by atoms with van der Waals surface area (Å²) in [6.07, 6.45) is 0.877. The van der Waals surface area contributed by atoms with E-state index < -0.39 is 45.2 Å². The van der Waals surface area contributed by atoms with Crippen LogP contribution in [-0.2, 0) is 26.2 Å². The van der Waals surface area contributed by atoms with E-state index in [2.05, 4.69) is 5.32 Å². The fourth-order valence-corrected chi connectivity index (χ4v) is 4.04. The summed E-state index contributed by atoms with van der Waals surface area (Å²) < 4.78 is 39.1. The van der Waals surface area contributed by atoms with E-state index >= 15 is 0 Å². The van der Waals surface area contributed by atoms with Crippen molar-refractivity contribution >= 4 is 33.2 Å². The van der Waals surface area contributed by atoms with Crippen LogP contribution in [0.15, 0.2) is 48.5 Å². The Balaban J connectivity index is 2.39. The number of carbonyl (C=O) groups excluding carboxylic acids is 2. The van der Waals surface area contributed by atoms with Crippen LogP contribution in [0.1, 0.15) is 26.3 Å². The van der Waals surface area contributed by atoms with E-state index in [0.29, 0.717) is 12.1 Å². The minimum atomic E-state index is -4.02. The number of nitro benzene ring substituents is 1. The third-order valence-electron chi connectivity index (χ3n) is 5.13. The molecule has 0 fully saturated rings. The summed E-state index contributed by atoms with van der Waals surface area (Å²) >= 11 is 0. The number of nitro groups is 1. The molecule has 2 amide bonds. The number of nitrogens with one attached hydrogen (secondary N) is 1. The molecule has 0 bridgehead atoms. The molecule has 1 unspecified atom stereocenters. The number of benzene rings is 2. The number of carbonyl (C=O) groups is 2. The second kappa shape index (κ2) is 11.7. The van der Waals surface area contributed by atoms with Crippen molar-refractivity contribution in [1.82, 2.24) is 10.2 Å². The van der Waals surface area contributed by atoms with Crippen molar-refractivity contribution in [3.63, 3.8) is 0 Å². The van der Waals surface area contributed by atoms with Crippen LogP contribution in [0.25, 0.3) is 0 Å². The molecule has 0 radical (unpaired) electrons. The van der Waals surface area contributed by atoms with Gasteiger partial charge in [-0.1, -0.05) is 32.0 Å². The maximum absolute atomic E-state index is 13.4. The lowest BCUT2D eigenvalue weighted by Crippen LogP contribution is -2.51. The monoisotopic (exact) mass is 508 g/mol. The molecule has 10 nitrogen and oxygen atoms in total. The van der Waals surface area contributed by atoms with E-state index in [9.17, 15) is 32.5 Å². The molecule has 0 spiro atoms. The second-order valence-corrected chi connectivity index (χ2v) is 10.4. The van der Waals surface area contributed by atoms with Crippen LogP contribution < -0.4 is 9.62 Å². The number of anilines is 1. The molecule has 0 aliphatic heterocycles. The van der Waals surface area contributed by atoms with Crippen molar-refractivity contribution in [2.24, 2.45) is 5.92 Å². The predicted octanol–water partition coefficient (Wildman–Crippen LogP) is 2.69. The Morgan fingerprint density at radius 1 is 1.11 bits per heavy atom. The topological polar surface area (TPSA) is 130 Å². The van der Waals surface area contributed by atoms with Crippen molar-refractivity contribution in [2.75, 3.05) is 23.7 Å². The summed E-state index contributed by atoms with van der Waals surface area (Å²) in [4.78, 5) is 37.8. The molecule has 0 heterocycles. The molecule has 0 saturated heterocycles. The maximum atomic E-state index is 13.4. The first kappa shape index (κ1) is 27.7. The van der Waals surface area contributed by atoms with Gasteiger partial charge in [0.1, 0.15) is 18.4 Å². The first-order chi connectivity index (χ1) is 16.3. The van der Waals surface area contributed by atoms with Crippen LogP contribution in [0.3, 0.4) is 0 Å². The average Bonchev–Trinajstić information content (AvgIpc) is 2.79. The lowest BCUT2D eigenvalue weighted by Gasteiger charge is -2.31. The molecule has 2 rings (SSSR count). The number of nitrogens with zero attached hydrogens (tertiary/aromatic N) is 3. The molecule has 0 saturated carbocycles. The fourth-order valence-electron chi connectivity index (χ4n) is 3.20. The van der Waals surface area contributed by atoms with Gasteiger partial charge in [-0.15, -0.1) is 0 Å². The van der Waals surface area contributed by atoms with Gasteiger partial charge in [-0.05, 0) is 36.6 Å². The molecular formula is C23H29FN4O6S. The minimum Gasteiger partial charge on any atom is -0.354 e. The third kappa shape index (κ3) is 8.02. The number of amides is 2. The molecule has 1 N–H and O–H groups in total. The third-order valence-corrected chi connectivity index (χ3v) is 6.27. The Hall–Kier alpha value is -3.54. The van der Waals surface area contributed by atoms with E-state index in [4.69, 9.17) is 0 Å². The fraction of sp³-hybridized carbons (Fsp3) is 0.391. The second-order valence-electron chi connectivity index (χ2n) is 8.51. The van der Waals surface area contributed by atoms with Crippen LogP contribution in [0, 0.1) is 21.8 Å². The molecule has 1 atom stereocenters. The first-order valence-corrected chi connectivity index (χ1v) is 12.7. The van der Waals surface area contributed by atoms with Gasteiger partial charge in [0.15, 0.2) is 0 Å². The van der Waals surface area contributed by atoms with E-state index in [1.807, 2.05) is 13.8 Å². The van der Waals surface area contributed by atoms with Crippen molar-refractivity contribution in [1.29, 1.82) is 0 Å². The predicted molar refractivity (Wildman–Crippen MR) is 130 cm³/mol. The van der Waals surface area contributed by atoms with Gasteiger partial charge in [-0.25, -0.2) is 12.8 Å². The normalized spacial score (nSPS) is 12.2. The highest BCUT2D eigenvalue weighted by Crippen LogP contribution is 2.24. The van der Waals surface area contributed by atoms with Gasteiger partial charge >= 0.3 is 0 Å². The summed E-state index contributed by atoms with van der Waals surface area (Å²) in [6.45, 7) is 4.94. The zero-order valence-corrected chi connectivity index (χ0v) is 20.8. The van der Waals surface area contributed by atoms with Gasteiger partial charge in [-0.2, -0.15) is 0 Å². The molecule has 0 aromatic heterocycles. The van der Waals surface area contributed by atoms with E-state index in [1.165, 1.54) is 54.3 Å². The zero-order valence-electron chi connectivity index (χ0n) is 20.0. The van der Waals surface area contributed by atoms with Crippen LogP contribution in [0.2, 0.25) is 0 Å². The van der Waals surface area contributed by atoms with Crippen molar-refractivity contribution in [3.8, 4) is 0 Å². The minimum absolute atomic E-state index is 0.0614. The summed E-state index contributed by atoms with van der Waals surface area (Å²) in [5, 5.41) is 13.9. The number of sulfonamides is 1. The SMILES string of the molecule is CC(C)CNC(=O)C(C)N(Cc1ccc(F)cc1)C(=O)CN(c1cccc([N+](=O)[O-])c1)S(C)(=O)=O. The van der Waals surface area contributed by atoms with Crippen LogP contribution in [0.4, 0.5) is 15.8 Å². The summed E-state index contributed by atoms with van der Waals surface area (Å²) in [5.41, 5.74) is 0.131. The lowest BCUT2D eigenvalue weighted by atomic mass is 10.1. The molecule has 190 valence electrons. The Bertz CT molecular complexity index is 1170. The van der Waals surface area contributed by atoms with Gasteiger partial charge in [0, 0.05) is 25.2 Å². The van der Waals surface area contributed by atoms with E-state index in [1.54, 1.807) is 0 Å². The number of hydrogen-bond acceptors (Lipinski definition) is 6. The Labute approximate surface area is 203 Å². The summed E-state index contributed by atoms with van der Waals surface area (Å²) in [7, 11) is -4.02. The Kier molecular flexibility index (Phi) is 9.29. The number of non-ortho nitro benzene ring substituents is 1. The molecule has 0 aliphatic rings. The van der Waals surface area contributed by atoms with Gasteiger partial charge in [0.05, 0.1) is 16.9 Å². The number of hydrogen-bond donors (Lipinski definition) is 1. The lowest BCUT2D eigenvalue weighted by molar-refractivity contribution is -0.384.